The van der Waals surface area contributed by atoms with Crippen molar-refractivity contribution in [3.63, 3.8) is 0 Å². The van der Waals surface area contributed by atoms with E-state index in [0.29, 0.717) is 11.8 Å². The number of rotatable bonds is 5. The first-order valence-electron chi connectivity index (χ1n) is 21.3. The molecular formula is C58H39NO2. The van der Waals surface area contributed by atoms with Gasteiger partial charge in [0.15, 0.2) is 0 Å². The molecule has 0 aliphatic heterocycles. The molecule has 61 heavy (non-hydrogen) atoms. The highest BCUT2D eigenvalue weighted by atomic mass is 16.3. The van der Waals surface area contributed by atoms with Crippen LogP contribution in [0.15, 0.2) is 203 Å². The summed E-state index contributed by atoms with van der Waals surface area (Å²) < 4.78 is 15.5. The van der Waals surface area contributed by atoms with Gasteiger partial charge in [-0.2, -0.15) is 0 Å². The summed E-state index contributed by atoms with van der Waals surface area (Å²) in [5.74, 6) is 0.787. The van der Waals surface area contributed by atoms with Crippen molar-refractivity contribution in [2.24, 2.45) is 0 Å². The molecule has 0 amide bonds. The predicted molar refractivity (Wildman–Crippen MR) is 253 cm³/mol. The summed E-state index contributed by atoms with van der Waals surface area (Å²) in [4.78, 5) is 0. The molecule has 0 saturated carbocycles. The Bertz CT molecular complexity index is 3660. The average Bonchev–Trinajstić information content (AvgIpc) is 4.00. The molecule has 0 saturated heterocycles. The fourth-order valence-electron chi connectivity index (χ4n) is 10.6. The largest absolute Gasteiger partial charge is 0.456 e. The molecule has 288 valence electrons. The molecule has 3 heteroatoms. The van der Waals surface area contributed by atoms with Gasteiger partial charge in [-0.25, -0.2) is 0 Å². The zero-order chi connectivity index (χ0) is 40.2. The van der Waals surface area contributed by atoms with Crippen LogP contribution in [-0.2, 0) is 6.42 Å². The van der Waals surface area contributed by atoms with Crippen LogP contribution in [0.3, 0.4) is 0 Å². The smallest absolute Gasteiger partial charge is 0.136 e. The fourth-order valence-corrected chi connectivity index (χ4v) is 10.6. The number of furan rings is 2. The summed E-state index contributed by atoms with van der Waals surface area (Å²) in [5, 5.41) is 6.86. The number of aromatic nitrogens is 1. The van der Waals surface area contributed by atoms with E-state index in [2.05, 4.69) is 206 Å². The van der Waals surface area contributed by atoms with Crippen LogP contribution in [0.2, 0.25) is 0 Å². The van der Waals surface area contributed by atoms with Crippen molar-refractivity contribution in [3.8, 4) is 39.1 Å². The quantitative estimate of drug-likeness (QED) is 0.174. The monoisotopic (exact) mass is 781 g/mol. The Labute approximate surface area is 352 Å². The van der Waals surface area contributed by atoms with Gasteiger partial charge < -0.3 is 13.4 Å². The normalized spacial score (nSPS) is 14.3. The summed E-state index contributed by atoms with van der Waals surface area (Å²) in [6, 6.07) is 70.7. The maximum Gasteiger partial charge on any atom is 0.136 e. The summed E-state index contributed by atoms with van der Waals surface area (Å²) in [6.07, 6.45) is 1.04. The Morgan fingerprint density at radius 2 is 1.00 bits per heavy atom. The Kier molecular flexibility index (Phi) is 7.41. The summed E-state index contributed by atoms with van der Waals surface area (Å²) in [5.41, 5.74) is 18.6. The van der Waals surface area contributed by atoms with E-state index in [-0.39, 0.29) is 0 Å². The van der Waals surface area contributed by atoms with Crippen LogP contribution in [0, 0.1) is 0 Å². The molecule has 0 radical (unpaired) electrons. The molecule has 3 aromatic heterocycles. The predicted octanol–water partition coefficient (Wildman–Crippen LogP) is 16.0. The lowest BCUT2D eigenvalue weighted by Gasteiger charge is -2.32. The van der Waals surface area contributed by atoms with Crippen LogP contribution < -0.4 is 0 Å². The summed E-state index contributed by atoms with van der Waals surface area (Å²) in [7, 11) is 0. The Morgan fingerprint density at radius 3 is 1.69 bits per heavy atom. The number of hydrogen-bond acceptors (Lipinski definition) is 2. The molecule has 0 fully saturated rings. The van der Waals surface area contributed by atoms with E-state index in [1.165, 1.54) is 60.8 Å². The lowest BCUT2D eigenvalue weighted by atomic mass is 9.71. The molecule has 0 N–H and O–H groups in total. The third-order valence-corrected chi connectivity index (χ3v) is 13.5. The zero-order valence-electron chi connectivity index (χ0n) is 33.6. The van der Waals surface area contributed by atoms with Crippen molar-refractivity contribution < 1.29 is 8.83 Å². The van der Waals surface area contributed by atoms with Crippen LogP contribution >= 0.6 is 0 Å². The molecule has 1 aliphatic rings. The zero-order valence-corrected chi connectivity index (χ0v) is 33.6. The molecule has 12 aromatic rings. The minimum absolute atomic E-state index is 0.393. The third-order valence-electron chi connectivity index (χ3n) is 13.5. The molecular weight excluding hydrogens is 743 g/mol. The van der Waals surface area contributed by atoms with E-state index in [1.807, 2.05) is 0 Å². The average molecular weight is 782 g/mol. The first-order valence-corrected chi connectivity index (χ1v) is 21.3. The second-order valence-electron chi connectivity index (χ2n) is 16.8. The number of hydrogen-bond donors (Lipinski definition) is 0. The highest BCUT2D eigenvalue weighted by Crippen LogP contribution is 2.48. The molecule has 2 atom stereocenters. The molecule has 2 unspecified atom stereocenters. The van der Waals surface area contributed by atoms with Crippen LogP contribution in [0.4, 0.5) is 0 Å². The lowest BCUT2D eigenvalue weighted by Crippen LogP contribution is -2.17. The van der Waals surface area contributed by atoms with Gasteiger partial charge in [-0.3, -0.25) is 0 Å². The van der Waals surface area contributed by atoms with Crippen molar-refractivity contribution in [2.75, 3.05) is 0 Å². The summed E-state index contributed by atoms with van der Waals surface area (Å²) in [6.45, 7) is 2.39. The van der Waals surface area contributed by atoms with Gasteiger partial charge in [0.2, 0.25) is 0 Å². The highest BCUT2D eigenvalue weighted by Gasteiger charge is 2.30. The minimum atomic E-state index is 0.393. The van der Waals surface area contributed by atoms with Crippen molar-refractivity contribution in [1.82, 2.24) is 4.57 Å². The van der Waals surface area contributed by atoms with E-state index < -0.39 is 0 Å². The highest BCUT2D eigenvalue weighted by molar-refractivity contribution is 6.26. The maximum atomic E-state index is 6.59. The van der Waals surface area contributed by atoms with Crippen molar-refractivity contribution in [3.05, 3.63) is 211 Å². The van der Waals surface area contributed by atoms with Gasteiger partial charge in [-0.15, -0.1) is 0 Å². The van der Waals surface area contributed by atoms with Crippen LogP contribution in [0.1, 0.15) is 35.4 Å². The SMILES string of the molecule is CC(c1ccccc1)C1Cc2ccccc2-c2cc(-c3ccc4oc5ccc6oc7ccc(-c8cccc(-n9c%10ccccc%10c%10ccccc%109)c8)cc7c6c5c4c3)ccc21. The lowest BCUT2D eigenvalue weighted by molar-refractivity contribution is 0.568. The van der Waals surface area contributed by atoms with Crippen molar-refractivity contribution >= 4 is 65.7 Å². The molecule has 9 aromatic carbocycles. The van der Waals surface area contributed by atoms with Gasteiger partial charge >= 0.3 is 0 Å². The second kappa shape index (κ2) is 13.2. The van der Waals surface area contributed by atoms with Gasteiger partial charge in [0.1, 0.15) is 22.3 Å². The molecule has 0 spiro atoms. The van der Waals surface area contributed by atoms with E-state index in [1.54, 1.807) is 0 Å². The van der Waals surface area contributed by atoms with Gasteiger partial charge in [-0.1, -0.05) is 134 Å². The topological polar surface area (TPSA) is 31.2 Å². The van der Waals surface area contributed by atoms with Crippen LogP contribution in [0.25, 0.3) is 105 Å². The molecule has 3 nitrogen and oxygen atoms in total. The van der Waals surface area contributed by atoms with Crippen molar-refractivity contribution in [1.29, 1.82) is 0 Å². The number of para-hydroxylation sites is 2. The second-order valence-corrected chi connectivity index (χ2v) is 16.8. The molecule has 0 bridgehead atoms. The van der Waals surface area contributed by atoms with E-state index >= 15 is 0 Å². The van der Waals surface area contributed by atoms with Crippen LogP contribution in [0.5, 0.6) is 0 Å². The van der Waals surface area contributed by atoms with Crippen LogP contribution in [-0.4, -0.2) is 4.57 Å². The molecule has 1 aliphatic carbocycles. The fraction of sp³-hybridized carbons (Fsp3) is 0.0690. The third kappa shape index (κ3) is 5.23. The Morgan fingerprint density at radius 1 is 0.443 bits per heavy atom. The standard InChI is InChI=1S/C58H39NO2/c1-35(36-12-3-2-4-13-36)47-34-41-14-5-6-17-43(41)48-31-38(22-25-44(47)48)40-24-27-54-50(33-40)58-56(61-54)29-28-55-57(58)49-32-39(23-26-53(49)60-55)37-15-11-16-42(30-37)59-51-20-9-7-18-45(51)46-19-8-10-21-52(46)59/h2-33,35,47H,34H2,1H3. The molecule has 13 rings (SSSR count). The summed E-state index contributed by atoms with van der Waals surface area (Å²) >= 11 is 0. The van der Waals surface area contributed by atoms with Gasteiger partial charge in [0.25, 0.3) is 0 Å². The molecule has 3 heterocycles. The van der Waals surface area contributed by atoms with Crippen molar-refractivity contribution in [2.45, 2.75) is 25.2 Å². The Hall–Kier alpha value is -7.62. The number of benzene rings is 9. The maximum absolute atomic E-state index is 6.59. The number of fused-ring (bicyclic) bond motifs is 13. The number of nitrogens with zero attached hydrogens (tertiary/aromatic N) is 1. The van der Waals surface area contributed by atoms with Gasteiger partial charge in [-0.05, 0) is 135 Å². The van der Waals surface area contributed by atoms with E-state index in [4.69, 9.17) is 8.83 Å². The van der Waals surface area contributed by atoms with Gasteiger partial charge in [0.05, 0.1) is 11.0 Å². The first-order chi connectivity index (χ1) is 30.1. The minimum Gasteiger partial charge on any atom is -0.456 e. The Balaban J connectivity index is 0.943. The van der Waals surface area contributed by atoms with E-state index in [9.17, 15) is 0 Å². The van der Waals surface area contributed by atoms with E-state index in [0.717, 1.165) is 67.1 Å². The van der Waals surface area contributed by atoms with Gasteiger partial charge in [0, 0.05) is 38.0 Å². The first kappa shape index (κ1) is 34.3.